The SMILES string of the molecule is CCc1ccc(N(CC(=O)N(CCc2ccccc2)[C@@H](CC)C(=O)NCC(C)C)S(C)(=O)=O)cc1. The lowest BCUT2D eigenvalue weighted by molar-refractivity contribution is -0.139. The standard InChI is InChI=1S/C27H39N3O4S/c1-6-22-13-15-24(16-14-22)30(35(5,33)34)20-26(31)29(18-17-23-11-9-8-10-12-23)25(7-2)27(32)28-19-21(3)4/h8-16,21,25H,6-7,17-20H2,1-5H3,(H,28,32)/t25-/m0/s1. The highest BCUT2D eigenvalue weighted by atomic mass is 32.2. The van der Waals surface area contributed by atoms with E-state index in [0.717, 1.165) is 28.1 Å². The van der Waals surface area contributed by atoms with Crippen LogP contribution in [0, 0.1) is 5.92 Å². The Bertz CT molecular complexity index is 1050. The molecule has 0 saturated carbocycles. The van der Waals surface area contributed by atoms with Gasteiger partial charge in [0.05, 0.1) is 11.9 Å². The van der Waals surface area contributed by atoms with Crippen molar-refractivity contribution in [3.05, 3.63) is 65.7 Å². The van der Waals surface area contributed by atoms with Gasteiger partial charge >= 0.3 is 0 Å². The minimum atomic E-state index is -3.72. The highest BCUT2D eigenvalue weighted by molar-refractivity contribution is 7.92. The van der Waals surface area contributed by atoms with Gasteiger partial charge in [0.25, 0.3) is 0 Å². The summed E-state index contributed by atoms with van der Waals surface area (Å²) in [5.41, 5.74) is 2.54. The summed E-state index contributed by atoms with van der Waals surface area (Å²) in [5, 5.41) is 2.93. The van der Waals surface area contributed by atoms with Crippen LogP contribution in [-0.2, 0) is 32.5 Å². The first-order valence-electron chi connectivity index (χ1n) is 12.2. The van der Waals surface area contributed by atoms with Crippen LogP contribution in [-0.4, -0.2) is 57.1 Å². The number of nitrogens with zero attached hydrogens (tertiary/aromatic N) is 2. The molecule has 2 rings (SSSR count). The molecule has 0 aliphatic carbocycles. The molecule has 7 nitrogen and oxygen atoms in total. The molecular weight excluding hydrogens is 462 g/mol. The zero-order chi connectivity index (χ0) is 26.0. The average molecular weight is 502 g/mol. The molecule has 8 heteroatoms. The van der Waals surface area contributed by atoms with Crippen LogP contribution < -0.4 is 9.62 Å². The van der Waals surface area contributed by atoms with Crippen LogP contribution in [0.25, 0.3) is 0 Å². The highest BCUT2D eigenvalue weighted by Crippen LogP contribution is 2.20. The second-order valence-corrected chi connectivity index (χ2v) is 11.1. The van der Waals surface area contributed by atoms with Gasteiger partial charge in [-0.2, -0.15) is 0 Å². The van der Waals surface area contributed by atoms with Crippen molar-refractivity contribution in [2.24, 2.45) is 5.92 Å². The molecular formula is C27H39N3O4S. The van der Waals surface area contributed by atoms with Crippen LogP contribution in [0.3, 0.4) is 0 Å². The summed E-state index contributed by atoms with van der Waals surface area (Å²) in [6.45, 7) is 8.35. The number of hydrogen-bond acceptors (Lipinski definition) is 4. The Kier molecular flexibility index (Phi) is 10.8. The Labute approximate surface area is 210 Å². The van der Waals surface area contributed by atoms with E-state index in [2.05, 4.69) is 5.32 Å². The van der Waals surface area contributed by atoms with Crippen molar-refractivity contribution in [1.82, 2.24) is 10.2 Å². The van der Waals surface area contributed by atoms with Gasteiger partial charge in [0.15, 0.2) is 0 Å². The Morgan fingerprint density at radius 1 is 0.943 bits per heavy atom. The molecule has 0 saturated heterocycles. The zero-order valence-electron chi connectivity index (χ0n) is 21.5. The van der Waals surface area contributed by atoms with E-state index in [4.69, 9.17) is 0 Å². The smallest absolute Gasteiger partial charge is 0.244 e. The largest absolute Gasteiger partial charge is 0.354 e. The van der Waals surface area contributed by atoms with Crippen LogP contribution in [0.2, 0.25) is 0 Å². The first-order valence-corrected chi connectivity index (χ1v) is 14.1. The number of aryl methyl sites for hydroxylation is 1. The second-order valence-electron chi connectivity index (χ2n) is 9.18. The highest BCUT2D eigenvalue weighted by Gasteiger charge is 2.31. The fraction of sp³-hybridized carbons (Fsp3) is 0.481. The number of carbonyl (C=O) groups excluding carboxylic acids is 2. The van der Waals surface area contributed by atoms with Gasteiger partial charge in [-0.1, -0.05) is 70.2 Å². The van der Waals surface area contributed by atoms with Crippen LogP contribution in [0.4, 0.5) is 5.69 Å². The summed E-state index contributed by atoms with van der Waals surface area (Å²) < 4.78 is 26.4. The minimum absolute atomic E-state index is 0.221. The van der Waals surface area contributed by atoms with E-state index in [1.807, 2.05) is 70.2 Å². The number of benzene rings is 2. The van der Waals surface area contributed by atoms with Gasteiger partial charge in [-0.25, -0.2) is 8.42 Å². The molecule has 0 radical (unpaired) electrons. The van der Waals surface area contributed by atoms with E-state index < -0.39 is 22.0 Å². The van der Waals surface area contributed by atoms with Crippen molar-refractivity contribution in [3.8, 4) is 0 Å². The van der Waals surface area contributed by atoms with Crippen molar-refractivity contribution >= 4 is 27.5 Å². The van der Waals surface area contributed by atoms with Gasteiger partial charge < -0.3 is 10.2 Å². The van der Waals surface area contributed by atoms with Crippen molar-refractivity contribution in [2.45, 2.75) is 53.0 Å². The summed E-state index contributed by atoms with van der Waals surface area (Å²) >= 11 is 0. The summed E-state index contributed by atoms with van der Waals surface area (Å²) in [7, 11) is -3.72. The molecule has 0 aliphatic heterocycles. The maximum atomic E-state index is 13.6. The molecule has 0 fully saturated rings. The van der Waals surface area contributed by atoms with E-state index in [0.29, 0.717) is 31.6 Å². The number of anilines is 1. The maximum absolute atomic E-state index is 13.6. The molecule has 0 aromatic heterocycles. The quantitative estimate of drug-likeness (QED) is 0.454. The fourth-order valence-corrected chi connectivity index (χ4v) is 4.68. The molecule has 0 bridgehead atoms. The molecule has 0 unspecified atom stereocenters. The van der Waals surface area contributed by atoms with Gasteiger partial charge in [-0.05, 0) is 48.4 Å². The maximum Gasteiger partial charge on any atom is 0.244 e. The molecule has 0 heterocycles. The topological polar surface area (TPSA) is 86.8 Å². The molecule has 2 aromatic rings. The van der Waals surface area contributed by atoms with Crippen molar-refractivity contribution < 1.29 is 18.0 Å². The van der Waals surface area contributed by atoms with E-state index in [1.165, 1.54) is 4.90 Å². The number of nitrogens with one attached hydrogen (secondary N) is 1. The van der Waals surface area contributed by atoms with Crippen molar-refractivity contribution in [2.75, 3.05) is 30.2 Å². The molecule has 0 aliphatic rings. The van der Waals surface area contributed by atoms with Gasteiger partial charge in [0.1, 0.15) is 12.6 Å². The molecule has 0 spiro atoms. The molecule has 2 aromatic carbocycles. The summed E-state index contributed by atoms with van der Waals surface area (Å²) in [5.74, 6) is -0.352. The van der Waals surface area contributed by atoms with Gasteiger partial charge in [0, 0.05) is 13.1 Å². The number of carbonyl (C=O) groups is 2. The molecule has 1 atom stereocenters. The number of sulfonamides is 1. The Morgan fingerprint density at radius 2 is 1.57 bits per heavy atom. The summed E-state index contributed by atoms with van der Waals surface area (Å²) in [6.07, 6.45) is 2.91. The lowest BCUT2D eigenvalue weighted by Gasteiger charge is -2.33. The predicted molar refractivity (Wildman–Crippen MR) is 142 cm³/mol. The van der Waals surface area contributed by atoms with Gasteiger partial charge in [-0.3, -0.25) is 13.9 Å². The summed E-state index contributed by atoms with van der Waals surface area (Å²) in [6, 6.07) is 16.2. The first-order chi connectivity index (χ1) is 16.6. The second kappa shape index (κ2) is 13.3. The monoisotopic (exact) mass is 501 g/mol. The first kappa shape index (κ1) is 28.4. The van der Waals surface area contributed by atoms with Gasteiger partial charge in [0.2, 0.25) is 21.8 Å². The lowest BCUT2D eigenvalue weighted by Crippen LogP contribution is -2.53. The number of rotatable bonds is 13. The normalized spacial score (nSPS) is 12.3. The Morgan fingerprint density at radius 3 is 2.09 bits per heavy atom. The minimum Gasteiger partial charge on any atom is -0.354 e. The van der Waals surface area contributed by atoms with E-state index in [1.54, 1.807) is 12.1 Å². The summed E-state index contributed by atoms with van der Waals surface area (Å²) in [4.78, 5) is 28.2. The fourth-order valence-electron chi connectivity index (χ4n) is 3.83. The average Bonchev–Trinajstić information content (AvgIpc) is 2.83. The molecule has 2 amide bonds. The lowest BCUT2D eigenvalue weighted by atomic mass is 10.1. The van der Waals surface area contributed by atoms with E-state index >= 15 is 0 Å². The molecule has 1 N–H and O–H groups in total. The van der Waals surface area contributed by atoms with Crippen LogP contribution in [0.5, 0.6) is 0 Å². The van der Waals surface area contributed by atoms with E-state index in [9.17, 15) is 18.0 Å². The predicted octanol–water partition coefficient (Wildman–Crippen LogP) is 3.64. The Balaban J connectivity index is 2.33. The number of amides is 2. The Hall–Kier alpha value is -2.87. The third-order valence-electron chi connectivity index (χ3n) is 5.87. The zero-order valence-corrected chi connectivity index (χ0v) is 22.3. The van der Waals surface area contributed by atoms with Crippen LogP contribution >= 0.6 is 0 Å². The molecule has 35 heavy (non-hydrogen) atoms. The van der Waals surface area contributed by atoms with Crippen LogP contribution in [0.15, 0.2) is 54.6 Å². The van der Waals surface area contributed by atoms with Crippen LogP contribution in [0.1, 0.15) is 45.2 Å². The molecule has 192 valence electrons. The third-order valence-corrected chi connectivity index (χ3v) is 7.01. The van der Waals surface area contributed by atoms with Crippen molar-refractivity contribution in [3.63, 3.8) is 0 Å². The third kappa shape index (κ3) is 8.69. The van der Waals surface area contributed by atoms with Crippen molar-refractivity contribution in [1.29, 1.82) is 0 Å². The van der Waals surface area contributed by atoms with E-state index in [-0.39, 0.29) is 18.4 Å². The number of hydrogen-bond donors (Lipinski definition) is 1. The van der Waals surface area contributed by atoms with Gasteiger partial charge in [-0.15, -0.1) is 0 Å².